The maximum atomic E-state index is 5.96. The highest BCUT2D eigenvalue weighted by Crippen LogP contribution is 2.28. The monoisotopic (exact) mass is 261 g/mol. The number of anilines is 1. The highest BCUT2D eigenvalue weighted by Gasteiger charge is 2.30. The fourth-order valence-electron chi connectivity index (χ4n) is 2.87. The molecule has 0 radical (unpaired) electrons. The lowest BCUT2D eigenvalue weighted by atomic mass is 10.1. The number of nitrogens with zero attached hydrogens (tertiary/aromatic N) is 2. The van der Waals surface area contributed by atoms with E-state index in [0.29, 0.717) is 0 Å². The van der Waals surface area contributed by atoms with Gasteiger partial charge in [-0.05, 0) is 30.5 Å². The molecule has 1 saturated carbocycles. The number of hydrogen-bond acceptors (Lipinski definition) is 4. The Balaban J connectivity index is 1.55. The summed E-state index contributed by atoms with van der Waals surface area (Å²) in [6.07, 6.45) is 2.82. The Morgan fingerprint density at radius 3 is 2.53 bits per heavy atom. The number of piperazine rings is 1. The lowest BCUT2D eigenvalue weighted by Gasteiger charge is -2.34. The number of rotatable bonds is 4. The highest BCUT2D eigenvalue weighted by atomic mass is 16.5. The second-order valence-electron chi connectivity index (χ2n) is 5.62. The van der Waals surface area contributed by atoms with Crippen molar-refractivity contribution in [2.24, 2.45) is 0 Å². The van der Waals surface area contributed by atoms with Crippen molar-refractivity contribution in [3.8, 4) is 5.75 Å². The number of ether oxygens (including phenoxy) is 1. The van der Waals surface area contributed by atoms with Gasteiger partial charge in [0.25, 0.3) is 0 Å². The normalized spacial score (nSPS) is 21.5. The molecule has 1 aliphatic heterocycles. The van der Waals surface area contributed by atoms with Crippen molar-refractivity contribution < 1.29 is 4.74 Å². The largest absolute Gasteiger partial charge is 0.495 e. The van der Waals surface area contributed by atoms with Gasteiger partial charge in [0.05, 0.1) is 12.8 Å². The first-order chi connectivity index (χ1) is 9.26. The number of nitrogens with two attached hydrogens (primary N) is 1. The van der Waals surface area contributed by atoms with E-state index < -0.39 is 0 Å². The molecule has 1 aromatic carbocycles. The van der Waals surface area contributed by atoms with Crippen LogP contribution in [0.4, 0.5) is 5.69 Å². The maximum absolute atomic E-state index is 5.96. The van der Waals surface area contributed by atoms with Crippen LogP contribution in [-0.4, -0.2) is 49.1 Å². The molecule has 1 aromatic rings. The maximum Gasteiger partial charge on any atom is 0.141 e. The third kappa shape index (κ3) is 3.01. The summed E-state index contributed by atoms with van der Waals surface area (Å²) < 4.78 is 5.19. The standard InChI is InChI=1S/C15H23N3O/c1-19-15-5-2-12(10-14(15)16)11-17-6-8-18(9-7-17)13-3-4-13/h2,5,10,13H,3-4,6-9,11,16H2,1H3. The molecule has 0 bridgehead atoms. The fraction of sp³-hybridized carbons (Fsp3) is 0.600. The molecule has 1 aliphatic carbocycles. The van der Waals surface area contributed by atoms with Crippen LogP contribution in [0.3, 0.4) is 0 Å². The van der Waals surface area contributed by atoms with Gasteiger partial charge in [0, 0.05) is 38.8 Å². The van der Waals surface area contributed by atoms with Crippen molar-refractivity contribution in [2.75, 3.05) is 39.0 Å². The topological polar surface area (TPSA) is 41.7 Å². The molecule has 1 saturated heterocycles. The van der Waals surface area contributed by atoms with Crippen molar-refractivity contribution in [1.29, 1.82) is 0 Å². The van der Waals surface area contributed by atoms with Crippen molar-refractivity contribution in [2.45, 2.75) is 25.4 Å². The van der Waals surface area contributed by atoms with E-state index in [-0.39, 0.29) is 0 Å². The molecule has 3 rings (SSSR count). The molecule has 1 heterocycles. The number of nitrogen functional groups attached to an aromatic ring is 1. The molecule has 0 spiro atoms. The van der Waals surface area contributed by atoms with E-state index in [4.69, 9.17) is 10.5 Å². The summed E-state index contributed by atoms with van der Waals surface area (Å²) in [5.74, 6) is 0.766. The SMILES string of the molecule is COc1ccc(CN2CCN(C3CC3)CC2)cc1N. The molecule has 0 unspecified atom stereocenters. The lowest BCUT2D eigenvalue weighted by molar-refractivity contribution is 0.121. The zero-order chi connectivity index (χ0) is 13.2. The van der Waals surface area contributed by atoms with E-state index in [9.17, 15) is 0 Å². The van der Waals surface area contributed by atoms with E-state index in [1.165, 1.54) is 44.6 Å². The van der Waals surface area contributed by atoms with Gasteiger partial charge in [-0.1, -0.05) is 6.07 Å². The van der Waals surface area contributed by atoms with E-state index in [1.807, 2.05) is 12.1 Å². The predicted molar refractivity (Wildman–Crippen MR) is 77.3 cm³/mol. The van der Waals surface area contributed by atoms with E-state index in [1.54, 1.807) is 7.11 Å². The smallest absolute Gasteiger partial charge is 0.141 e. The molecule has 2 fully saturated rings. The first-order valence-corrected chi connectivity index (χ1v) is 7.15. The average molecular weight is 261 g/mol. The minimum atomic E-state index is 0.733. The first kappa shape index (κ1) is 12.8. The lowest BCUT2D eigenvalue weighted by Crippen LogP contribution is -2.46. The minimum Gasteiger partial charge on any atom is -0.495 e. The molecular weight excluding hydrogens is 238 g/mol. The molecule has 0 atom stereocenters. The predicted octanol–water partition coefficient (Wildman–Crippen LogP) is 1.56. The Bertz CT molecular complexity index is 437. The van der Waals surface area contributed by atoms with Crippen molar-refractivity contribution in [1.82, 2.24) is 9.80 Å². The zero-order valence-corrected chi connectivity index (χ0v) is 11.6. The Morgan fingerprint density at radius 2 is 1.95 bits per heavy atom. The van der Waals surface area contributed by atoms with E-state index >= 15 is 0 Å². The molecule has 19 heavy (non-hydrogen) atoms. The van der Waals surface area contributed by atoms with Crippen LogP contribution in [0, 0.1) is 0 Å². The van der Waals surface area contributed by atoms with Crippen LogP contribution in [0.2, 0.25) is 0 Å². The van der Waals surface area contributed by atoms with Crippen LogP contribution in [0.1, 0.15) is 18.4 Å². The summed E-state index contributed by atoms with van der Waals surface area (Å²) in [6.45, 7) is 5.77. The van der Waals surface area contributed by atoms with Crippen molar-refractivity contribution in [3.63, 3.8) is 0 Å². The van der Waals surface area contributed by atoms with Crippen molar-refractivity contribution >= 4 is 5.69 Å². The molecule has 0 amide bonds. The number of methoxy groups -OCH3 is 1. The summed E-state index contributed by atoms with van der Waals surface area (Å²) in [5.41, 5.74) is 7.96. The summed E-state index contributed by atoms with van der Waals surface area (Å²) in [6, 6.07) is 7.01. The van der Waals surface area contributed by atoms with Gasteiger partial charge in [0.15, 0.2) is 0 Å². The quantitative estimate of drug-likeness (QED) is 0.835. The minimum absolute atomic E-state index is 0.733. The Morgan fingerprint density at radius 1 is 1.21 bits per heavy atom. The van der Waals surface area contributed by atoms with Crippen LogP contribution in [0.15, 0.2) is 18.2 Å². The molecule has 2 aliphatic rings. The van der Waals surface area contributed by atoms with Gasteiger partial charge in [0.2, 0.25) is 0 Å². The molecule has 4 heteroatoms. The van der Waals surface area contributed by atoms with Gasteiger partial charge >= 0.3 is 0 Å². The molecule has 0 aromatic heterocycles. The van der Waals surface area contributed by atoms with Crippen LogP contribution in [0.25, 0.3) is 0 Å². The number of hydrogen-bond donors (Lipinski definition) is 1. The van der Waals surface area contributed by atoms with E-state index in [2.05, 4.69) is 15.9 Å². The molecule has 4 nitrogen and oxygen atoms in total. The van der Waals surface area contributed by atoms with Crippen molar-refractivity contribution in [3.05, 3.63) is 23.8 Å². The summed E-state index contributed by atoms with van der Waals surface area (Å²) in [5, 5.41) is 0. The molecule has 2 N–H and O–H groups in total. The molecule has 104 valence electrons. The Kier molecular flexibility index (Phi) is 3.62. The van der Waals surface area contributed by atoms with E-state index in [0.717, 1.165) is 24.0 Å². The summed E-state index contributed by atoms with van der Waals surface area (Å²) in [7, 11) is 1.66. The van der Waals surface area contributed by atoms with Crippen LogP contribution in [-0.2, 0) is 6.54 Å². The van der Waals surface area contributed by atoms with Gasteiger partial charge < -0.3 is 10.5 Å². The van der Waals surface area contributed by atoms with Gasteiger partial charge in [-0.2, -0.15) is 0 Å². The number of benzene rings is 1. The molecular formula is C15H23N3O. The third-order valence-electron chi connectivity index (χ3n) is 4.17. The Hall–Kier alpha value is -1.26. The van der Waals surface area contributed by atoms with Crippen LogP contribution >= 0.6 is 0 Å². The van der Waals surface area contributed by atoms with Gasteiger partial charge in [-0.25, -0.2) is 0 Å². The van der Waals surface area contributed by atoms with Crippen LogP contribution < -0.4 is 10.5 Å². The first-order valence-electron chi connectivity index (χ1n) is 7.15. The summed E-state index contributed by atoms with van der Waals surface area (Å²) >= 11 is 0. The average Bonchev–Trinajstić information content (AvgIpc) is 3.24. The second kappa shape index (κ2) is 5.39. The van der Waals surface area contributed by atoms with Gasteiger partial charge in [-0.15, -0.1) is 0 Å². The van der Waals surface area contributed by atoms with Crippen LogP contribution in [0.5, 0.6) is 5.75 Å². The fourth-order valence-corrected chi connectivity index (χ4v) is 2.87. The van der Waals surface area contributed by atoms with Gasteiger partial charge in [0.1, 0.15) is 5.75 Å². The second-order valence-corrected chi connectivity index (χ2v) is 5.62. The van der Waals surface area contributed by atoms with Gasteiger partial charge in [-0.3, -0.25) is 9.80 Å². The Labute approximate surface area is 115 Å². The summed E-state index contributed by atoms with van der Waals surface area (Å²) in [4.78, 5) is 5.15. The zero-order valence-electron chi connectivity index (χ0n) is 11.6. The third-order valence-corrected chi connectivity index (χ3v) is 4.17. The highest BCUT2D eigenvalue weighted by molar-refractivity contribution is 5.54.